The monoisotopic (exact) mass is 271 g/mol. The van der Waals surface area contributed by atoms with Gasteiger partial charge in [0.05, 0.1) is 6.04 Å². The van der Waals surface area contributed by atoms with Crippen molar-refractivity contribution in [3.8, 4) is 5.75 Å². The number of benzene rings is 1. The molecule has 0 unspecified atom stereocenters. The molecule has 1 saturated heterocycles. The van der Waals surface area contributed by atoms with Gasteiger partial charge in [0.25, 0.3) is 0 Å². The Labute approximate surface area is 113 Å². The van der Waals surface area contributed by atoms with Crippen LogP contribution in [0, 0.1) is 0 Å². The molecule has 1 heterocycles. The standard InChI is InChI=1S/C13H17NO3.ClH/c1-13(2,3)17-10-6-4-9(5-7-10)11-8-16-12(15)14-11;/h4-7,11H,8H2,1-3H3,(H,14,15);1H/t11-;/m0./s1. The molecule has 1 atom stereocenters. The highest BCUT2D eigenvalue weighted by Gasteiger charge is 2.23. The van der Waals surface area contributed by atoms with Crippen LogP contribution < -0.4 is 10.1 Å². The third-order valence-corrected chi connectivity index (χ3v) is 2.38. The van der Waals surface area contributed by atoms with Gasteiger partial charge in [0, 0.05) is 0 Å². The third-order valence-electron chi connectivity index (χ3n) is 2.38. The van der Waals surface area contributed by atoms with Crippen LogP contribution in [-0.2, 0) is 4.74 Å². The molecule has 1 N–H and O–H groups in total. The van der Waals surface area contributed by atoms with Crippen LogP contribution in [0.15, 0.2) is 24.3 Å². The normalized spacial score (nSPS) is 18.6. The van der Waals surface area contributed by atoms with Crippen LogP contribution in [0.2, 0.25) is 0 Å². The van der Waals surface area contributed by atoms with E-state index >= 15 is 0 Å². The van der Waals surface area contributed by atoms with Crippen molar-refractivity contribution in [2.75, 3.05) is 6.61 Å². The number of hydrogen-bond acceptors (Lipinski definition) is 3. The van der Waals surface area contributed by atoms with E-state index in [-0.39, 0.29) is 30.1 Å². The van der Waals surface area contributed by atoms with E-state index in [4.69, 9.17) is 9.47 Å². The van der Waals surface area contributed by atoms with E-state index in [0.717, 1.165) is 11.3 Å². The lowest BCUT2D eigenvalue weighted by Crippen LogP contribution is -2.23. The maximum atomic E-state index is 10.9. The molecule has 1 aromatic carbocycles. The number of rotatable bonds is 2. The first kappa shape index (κ1) is 14.6. The van der Waals surface area contributed by atoms with Crippen molar-refractivity contribution in [2.45, 2.75) is 32.4 Å². The highest BCUT2D eigenvalue weighted by atomic mass is 35.5. The van der Waals surface area contributed by atoms with Gasteiger partial charge in [-0.3, -0.25) is 0 Å². The summed E-state index contributed by atoms with van der Waals surface area (Å²) in [6, 6.07) is 7.66. The number of nitrogens with one attached hydrogen (secondary N) is 1. The summed E-state index contributed by atoms with van der Waals surface area (Å²) >= 11 is 0. The Hall–Kier alpha value is -1.42. The Kier molecular flexibility index (Phi) is 4.46. The largest absolute Gasteiger partial charge is 0.488 e. The minimum absolute atomic E-state index is 0. The summed E-state index contributed by atoms with van der Waals surface area (Å²) in [6.45, 7) is 6.40. The number of carbonyl (C=O) groups excluding carboxylic acids is 1. The maximum absolute atomic E-state index is 10.9. The van der Waals surface area contributed by atoms with E-state index in [0.29, 0.717) is 6.61 Å². The second-order valence-electron chi connectivity index (χ2n) is 5.08. The molecule has 1 aliphatic heterocycles. The highest BCUT2D eigenvalue weighted by Crippen LogP contribution is 2.23. The Balaban J connectivity index is 0.00000162. The van der Waals surface area contributed by atoms with Gasteiger partial charge in [-0.25, -0.2) is 4.79 Å². The fourth-order valence-electron chi connectivity index (χ4n) is 1.69. The van der Waals surface area contributed by atoms with Crippen molar-refractivity contribution in [1.82, 2.24) is 5.32 Å². The fourth-order valence-corrected chi connectivity index (χ4v) is 1.69. The predicted molar refractivity (Wildman–Crippen MR) is 71.3 cm³/mol. The Morgan fingerprint density at radius 1 is 1.28 bits per heavy atom. The zero-order valence-corrected chi connectivity index (χ0v) is 11.5. The van der Waals surface area contributed by atoms with Crippen LogP contribution >= 0.6 is 12.4 Å². The first-order chi connectivity index (χ1) is 7.94. The molecule has 0 bridgehead atoms. The van der Waals surface area contributed by atoms with E-state index < -0.39 is 0 Å². The zero-order chi connectivity index (χ0) is 12.5. The van der Waals surface area contributed by atoms with Crippen molar-refractivity contribution in [3.05, 3.63) is 29.8 Å². The average molecular weight is 272 g/mol. The SMILES string of the molecule is CC(C)(C)Oc1ccc([C@@H]2COC(=O)N2)cc1.Cl. The van der Waals surface area contributed by atoms with Gasteiger partial charge in [0.2, 0.25) is 0 Å². The molecule has 1 aliphatic rings. The second-order valence-corrected chi connectivity index (χ2v) is 5.08. The van der Waals surface area contributed by atoms with Gasteiger partial charge in [-0.05, 0) is 38.5 Å². The maximum Gasteiger partial charge on any atom is 0.407 e. The first-order valence-corrected chi connectivity index (χ1v) is 5.66. The molecular weight excluding hydrogens is 254 g/mol. The van der Waals surface area contributed by atoms with E-state index in [1.165, 1.54) is 0 Å². The van der Waals surface area contributed by atoms with Crippen LogP contribution in [0.1, 0.15) is 32.4 Å². The summed E-state index contributed by atoms with van der Waals surface area (Å²) in [5.41, 5.74) is 0.823. The van der Waals surface area contributed by atoms with Gasteiger partial charge in [0.1, 0.15) is 18.0 Å². The smallest absolute Gasteiger partial charge is 0.407 e. The van der Waals surface area contributed by atoms with Gasteiger partial charge >= 0.3 is 6.09 Å². The van der Waals surface area contributed by atoms with Crippen molar-refractivity contribution in [3.63, 3.8) is 0 Å². The molecule has 100 valence electrons. The average Bonchev–Trinajstić information content (AvgIpc) is 2.63. The summed E-state index contributed by atoms with van der Waals surface area (Å²) in [6.07, 6.45) is -0.356. The molecule has 1 fully saturated rings. The van der Waals surface area contributed by atoms with Crippen LogP contribution in [0.4, 0.5) is 4.79 Å². The van der Waals surface area contributed by atoms with Crippen molar-refractivity contribution in [1.29, 1.82) is 0 Å². The predicted octanol–water partition coefficient (Wildman–Crippen LogP) is 3.07. The summed E-state index contributed by atoms with van der Waals surface area (Å²) in [5.74, 6) is 0.825. The van der Waals surface area contributed by atoms with E-state index in [2.05, 4.69) is 5.32 Å². The molecule has 0 saturated carbocycles. The summed E-state index contributed by atoms with van der Waals surface area (Å²) in [7, 11) is 0. The molecule has 1 amide bonds. The summed E-state index contributed by atoms with van der Waals surface area (Å²) < 4.78 is 10.6. The fraction of sp³-hybridized carbons (Fsp3) is 0.462. The number of halogens is 1. The minimum atomic E-state index is -0.356. The topological polar surface area (TPSA) is 47.6 Å². The van der Waals surface area contributed by atoms with Gasteiger partial charge in [-0.15, -0.1) is 12.4 Å². The first-order valence-electron chi connectivity index (χ1n) is 5.66. The molecule has 2 rings (SSSR count). The lowest BCUT2D eigenvalue weighted by atomic mass is 10.1. The van der Waals surface area contributed by atoms with E-state index in [1.807, 2.05) is 45.0 Å². The molecule has 18 heavy (non-hydrogen) atoms. The molecule has 0 radical (unpaired) electrons. The second kappa shape index (κ2) is 5.48. The highest BCUT2D eigenvalue weighted by molar-refractivity contribution is 5.85. The quantitative estimate of drug-likeness (QED) is 0.899. The Bertz CT molecular complexity index is 411. The van der Waals surface area contributed by atoms with Crippen molar-refractivity contribution in [2.24, 2.45) is 0 Å². The van der Waals surface area contributed by atoms with E-state index in [9.17, 15) is 4.79 Å². The van der Waals surface area contributed by atoms with Crippen LogP contribution in [0.25, 0.3) is 0 Å². The van der Waals surface area contributed by atoms with Gasteiger partial charge in [0.15, 0.2) is 0 Å². The Morgan fingerprint density at radius 3 is 2.33 bits per heavy atom. The Morgan fingerprint density at radius 2 is 1.89 bits per heavy atom. The van der Waals surface area contributed by atoms with Crippen molar-refractivity contribution >= 4 is 18.5 Å². The van der Waals surface area contributed by atoms with Crippen LogP contribution in [0.3, 0.4) is 0 Å². The summed E-state index contributed by atoms with van der Waals surface area (Å²) in [5, 5.41) is 2.74. The molecular formula is C13H18ClNO3. The van der Waals surface area contributed by atoms with Crippen molar-refractivity contribution < 1.29 is 14.3 Å². The molecule has 0 aliphatic carbocycles. The zero-order valence-electron chi connectivity index (χ0n) is 10.7. The summed E-state index contributed by atoms with van der Waals surface area (Å²) in [4.78, 5) is 10.9. The van der Waals surface area contributed by atoms with Crippen LogP contribution in [0.5, 0.6) is 5.75 Å². The van der Waals surface area contributed by atoms with Gasteiger partial charge in [-0.1, -0.05) is 12.1 Å². The van der Waals surface area contributed by atoms with E-state index in [1.54, 1.807) is 0 Å². The minimum Gasteiger partial charge on any atom is -0.488 e. The molecule has 5 heteroatoms. The number of alkyl carbamates (subject to hydrolysis) is 1. The molecule has 1 aromatic rings. The van der Waals surface area contributed by atoms with Gasteiger partial charge in [-0.2, -0.15) is 0 Å². The number of ether oxygens (including phenoxy) is 2. The lowest BCUT2D eigenvalue weighted by molar-refractivity contribution is 0.131. The third kappa shape index (κ3) is 3.81. The van der Waals surface area contributed by atoms with Gasteiger partial charge < -0.3 is 14.8 Å². The number of hydrogen-bond donors (Lipinski definition) is 1. The van der Waals surface area contributed by atoms with Crippen LogP contribution in [-0.4, -0.2) is 18.3 Å². The lowest BCUT2D eigenvalue weighted by Gasteiger charge is -2.21. The number of cyclic esters (lactones) is 1. The molecule has 4 nitrogen and oxygen atoms in total. The molecule has 0 spiro atoms. The number of amides is 1. The molecule has 0 aromatic heterocycles. The number of carbonyl (C=O) groups is 1.